The molecule has 1 aromatic rings. The molecule has 440 valence electrons. The normalized spacial score (nSPS) is 48.7. The van der Waals surface area contributed by atoms with E-state index in [1.807, 2.05) is 0 Å². The third-order valence-electron chi connectivity index (χ3n) is 19.5. The van der Waals surface area contributed by atoms with Gasteiger partial charge in [0.1, 0.15) is 97.3 Å². The van der Waals surface area contributed by atoms with Crippen LogP contribution in [0.4, 0.5) is 0 Å². The van der Waals surface area contributed by atoms with Crippen LogP contribution in [0, 0.1) is 46.3 Å². The number of rotatable bonds is 18. The molecule has 24 nitrogen and oxygen atoms in total. The summed E-state index contributed by atoms with van der Waals surface area (Å²) in [6.45, 7) is 8.64. The zero-order valence-electron chi connectivity index (χ0n) is 44.8. The number of hydrogen-bond acceptors (Lipinski definition) is 23. The minimum absolute atomic E-state index is 0.0358. The van der Waals surface area contributed by atoms with Crippen molar-refractivity contribution in [3.8, 4) is 0 Å². The van der Waals surface area contributed by atoms with E-state index in [2.05, 4.69) is 51.0 Å². The Kier molecular flexibility index (Phi) is 18.7. The topological polar surface area (TPSA) is 368 Å². The summed E-state index contributed by atoms with van der Waals surface area (Å²) in [5.41, 5.74) is 0.500. The molecule has 1 aromatic heterocycles. The zero-order valence-corrected chi connectivity index (χ0v) is 44.8. The number of fused-ring (bicyclic) bond motifs is 5. The first-order valence-electron chi connectivity index (χ1n) is 28.0. The molecule has 5 heterocycles. The fourth-order valence-corrected chi connectivity index (χ4v) is 14.9. The lowest BCUT2D eigenvalue weighted by Crippen LogP contribution is -2.68. The molecule has 0 radical (unpaired) electrons. The number of hydrogen-bond donors (Lipinski definition) is 13. The van der Waals surface area contributed by atoms with E-state index in [4.69, 9.17) is 37.9 Å². The molecule has 4 aliphatic heterocycles. The second kappa shape index (κ2) is 24.1. The summed E-state index contributed by atoms with van der Waals surface area (Å²) in [6.07, 6.45) is -18.4. The average molecular weight is 1100 g/mol. The molecule has 0 spiro atoms. The summed E-state index contributed by atoms with van der Waals surface area (Å²) in [7, 11) is 0. The molecular weight excluding hydrogens is 1010 g/mol. The Morgan fingerprint density at radius 1 is 0.662 bits per heavy atom. The maximum Gasteiger partial charge on any atom is 0.187 e. The first kappa shape index (κ1) is 59.7. The van der Waals surface area contributed by atoms with Crippen LogP contribution in [0.5, 0.6) is 0 Å². The lowest BCUT2D eigenvalue weighted by atomic mass is 9.46. The van der Waals surface area contributed by atoms with Crippen molar-refractivity contribution in [3.05, 3.63) is 23.5 Å². The van der Waals surface area contributed by atoms with Crippen LogP contribution in [0.25, 0.3) is 0 Å². The maximum atomic E-state index is 12.3. The Morgan fingerprint density at radius 2 is 1.31 bits per heavy atom. The minimum atomic E-state index is -2.03. The molecule has 13 N–H and O–H groups in total. The fourth-order valence-electron chi connectivity index (χ4n) is 14.9. The average Bonchev–Trinajstić information content (AvgIpc) is 4.27. The molecule has 0 aromatic carbocycles. The van der Waals surface area contributed by atoms with Crippen LogP contribution < -0.4 is 0 Å². The highest BCUT2D eigenvalue weighted by Crippen LogP contribution is 2.68. The monoisotopic (exact) mass is 1100 g/mol. The highest BCUT2D eigenvalue weighted by molar-refractivity contribution is 5.26. The first-order valence-corrected chi connectivity index (χ1v) is 28.0. The van der Waals surface area contributed by atoms with Gasteiger partial charge in [0.05, 0.1) is 39.2 Å². The van der Waals surface area contributed by atoms with Crippen molar-refractivity contribution in [2.75, 3.05) is 26.4 Å². The van der Waals surface area contributed by atoms with Gasteiger partial charge in [0.2, 0.25) is 0 Å². The Hall–Kier alpha value is -1.96. The third-order valence-corrected chi connectivity index (χ3v) is 19.5. The second-order valence-electron chi connectivity index (χ2n) is 24.6. The number of aliphatic hydroxyl groups excluding tert-OH is 12. The lowest BCUT2D eigenvalue weighted by Gasteiger charge is -2.59. The Bertz CT molecular complexity index is 2120. The van der Waals surface area contributed by atoms with Crippen molar-refractivity contribution in [2.45, 2.75) is 234 Å². The van der Waals surface area contributed by atoms with Crippen molar-refractivity contribution < 1.29 is 104 Å². The molecule has 4 saturated heterocycles. The van der Waals surface area contributed by atoms with Crippen molar-refractivity contribution in [2.24, 2.45) is 46.3 Å². The van der Waals surface area contributed by atoms with E-state index in [0.717, 1.165) is 30.6 Å². The van der Waals surface area contributed by atoms with Gasteiger partial charge < -0.3 is 104 Å². The first-order chi connectivity index (χ1) is 36.6. The predicted molar refractivity (Wildman–Crippen MR) is 264 cm³/mol. The summed E-state index contributed by atoms with van der Waals surface area (Å²) in [4.78, 5) is 0. The van der Waals surface area contributed by atoms with Crippen LogP contribution in [-0.2, 0) is 50.2 Å². The summed E-state index contributed by atoms with van der Waals surface area (Å²) in [5.74, 6) is 4.10. The van der Waals surface area contributed by atoms with Crippen LogP contribution >= 0.6 is 0 Å². The van der Waals surface area contributed by atoms with E-state index in [1.165, 1.54) is 55.2 Å². The van der Waals surface area contributed by atoms with E-state index in [9.17, 15) is 66.4 Å². The smallest absolute Gasteiger partial charge is 0.187 e. The lowest BCUT2D eigenvalue weighted by molar-refractivity contribution is -0.403. The van der Waals surface area contributed by atoms with Gasteiger partial charge in [0.25, 0.3) is 0 Å². The molecule has 0 bridgehead atoms. The van der Waals surface area contributed by atoms with Gasteiger partial charge >= 0.3 is 0 Å². The summed E-state index contributed by atoms with van der Waals surface area (Å²) >= 11 is 0. The molecule has 0 unspecified atom stereocenters. The number of aromatic nitrogens is 3. The summed E-state index contributed by atoms with van der Waals surface area (Å²) < 4.78 is 48.2. The van der Waals surface area contributed by atoms with Crippen molar-refractivity contribution >= 4 is 0 Å². The second-order valence-corrected chi connectivity index (χ2v) is 24.6. The van der Waals surface area contributed by atoms with Crippen LogP contribution in [0.15, 0.2) is 17.8 Å². The van der Waals surface area contributed by atoms with Gasteiger partial charge in [-0.05, 0) is 91.3 Å². The SMILES string of the molecule is CC(C)CCC[C@@H](C)[C@H]1CC[C@H]2[C@@H]3CC=C4C[C@](O)(n5cc(CO[C@@H]6O[C@H](CO)[C@@H](O[C@@H]7O[C@@H](CO)[C@@H](O)[C@@H](O[C@@H]8OC[C@@H](O)[C@H](O)[C@H]8O)[C@@H]7O[C@@H]7O[C@H](CO)[C@@H](O)[C@H](O)[C@H]7O)[C@H](O)[C@H]6O)nn5)CC[C@]4(C)[C@H]3CC[C@]12C. The molecule has 77 heavy (non-hydrogen) atoms. The van der Waals surface area contributed by atoms with Gasteiger partial charge in [-0.15, -0.1) is 5.10 Å². The van der Waals surface area contributed by atoms with Gasteiger partial charge in [0, 0.05) is 6.42 Å². The number of allylic oxidation sites excluding steroid dienone is 1. The number of nitrogens with zero attached hydrogens (tertiary/aromatic N) is 3. The van der Waals surface area contributed by atoms with Gasteiger partial charge in [0.15, 0.2) is 30.9 Å². The van der Waals surface area contributed by atoms with E-state index in [-0.39, 0.29) is 17.7 Å². The van der Waals surface area contributed by atoms with Crippen molar-refractivity contribution in [1.29, 1.82) is 0 Å². The number of ether oxygens (including phenoxy) is 8. The molecule has 24 heteroatoms. The van der Waals surface area contributed by atoms with Gasteiger partial charge in [-0.25, -0.2) is 4.68 Å². The summed E-state index contributed by atoms with van der Waals surface area (Å²) in [5, 5.41) is 149. The van der Waals surface area contributed by atoms with Gasteiger partial charge in [-0.2, -0.15) is 0 Å². The quantitative estimate of drug-likeness (QED) is 0.0736. The van der Waals surface area contributed by atoms with E-state index < -0.39 is 149 Å². The van der Waals surface area contributed by atoms with Crippen LogP contribution in [0.2, 0.25) is 0 Å². The molecule has 8 aliphatic rings. The van der Waals surface area contributed by atoms with Gasteiger partial charge in [-0.1, -0.05) is 70.7 Å². The Morgan fingerprint density at radius 3 is 2.03 bits per heavy atom. The Labute approximate surface area is 448 Å². The van der Waals surface area contributed by atoms with E-state index >= 15 is 0 Å². The molecule has 4 aliphatic carbocycles. The molecule has 27 atom stereocenters. The fraction of sp³-hybridized carbons (Fsp3) is 0.925. The molecular formula is C53H87N3O21. The zero-order chi connectivity index (χ0) is 55.5. The van der Waals surface area contributed by atoms with Crippen LogP contribution in [-0.4, -0.2) is 225 Å². The van der Waals surface area contributed by atoms with E-state index in [1.54, 1.807) is 6.20 Å². The highest BCUT2D eigenvalue weighted by Gasteiger charge is 2.61. The molecule has 9 rings (SSSR count). The number of aliphatic hydroxyl groups is 13. The standard InChI is InChI=1S/C53H87N3O21/c1-24(2)7-6-8-25(3)29-11-12-30-28-10-9-26-17-53(69,16-15-51(26,4)31(28)13-14-52(29,30)5)56-18-27(54-55-56)22-70-47-43(68)40(65)44(35(21-59)74-47)75-50-46(77-49-42(67)39(64)37(62)33(19-57)72-49)45(38(63)34(20-58)73-50)76-48-41(66)36(61)32(60)23-71-48/h9,18,24-25,28-50,57-69H,6-8,10-17,19-23H2,1-5H3/t25-,28+,29-,30+,31+,32-,33-,34+,35-,36+,37-,38-,39+,40-,41-,42-,43-,44-,45-,46+,47-,48+,49+,50+,51+,52-,53+/m1/s1. The van der Waals surface area contributed by atoms with Crippen LogP contribution in [0.1, 0.15) is 111 Å². The molecule has 7 fully saturated rings. The summed E-state index contributed by atoms with van der Waals surface area (Å²) in [6, 6.07) is 0. The predicted octanol–water partition coefficient (Wildman–Crippen LogP) is -1.61. The van der Waals surface area contributed by atoms with E-state index in [0.29, 0.717) is 36.0 Å². The molecule has 0 amide bonds. The van der Waals surface area contributed by atoms with Crippen molar-refractivity contribution in [3.63, 3.8) is 0 Å². The Balaban J connectivity index is 0.854. The van der Waals surface area contributed by atoms with Crippen molar-refractivity contribution in [1.82, 2.24) is 15.0 Å². The minimum Gasteiger partial charge on any atom is -0.394 e. The van der Waals surface area contributed by atoms with Crippen LogP contribution in [0.3, 0.4) is 0 Å². The maximum absolute atomic E-state index is 12.3. The third kappa shape index (κ3) is 11.5. The largest absolute Gasteiger partial charge is 0.394 e. The highest BCUT2D eigenvalue weighted by atomic mass is 16.8. The molecule has 3 saturated carbocycles. The van der Waals surface area contributed by atoms with Gasteiger partial charge in [-0.3, -0.25) is 0 Å².